The summed E-state index contributed by atoms with van der Waals surface area (Å²) >= 11 is 0. The van der Waals surface area contributed by atoms with E-state index in [1.165, 1.54) is 6.07 Å². The number of benzene rings is 1. The van der Waals surface area contributed by atoms with Gasteiger partial charge in [-0.25, -0.2) is 9.18 Å². The Morgan fingerprint density at radius 3 is 2.63 bits per heavy atom. The number of nitrogens with zero attached hydrogens (tertiary/aromatic N) is 1. The maximum absolute atomic E-state index is 13.7. The number of halogens is 1. The Morgan fingerprint density at radius 2 is 1.93 bits per heavy atom. The molecule has 1 aliphatic carbocycles. The van der Waals surface area contributed by atoms with Gasteiger partial charge in [-0.15, -0.1) is 0 Å². The lowest BCUT2D eigenvalue weighted by atomic mass is 9.86. The van der Waals surface area contributed by atoms with Crippen molar-refractivity contribution in [3.63, 3.8) is 0 Å². The van der Waals surface area contributed by atoms with Gasteiger partial charge < -0.3 is 20.1 Å². The second-order valence-corrected chi connectivity index (χ2v) is 7.45. The van der Waals surface area contributed by atoms with Crippen molar-refractivity contribution in [1.82, 2.24) is 10.2 Å². The predicted molar refractivity (Wildman–Crippen MR) is 97.7 cm³/mol. The van der Waals surface area contributed by atoms with Gasteiger partial charge in [0.15, 0.2) is 0 Å². The number of amides is 2. The van der Waals surface area contributed by atoms with Crippen LogP contribution in [0.1, 0.15) is 44.1 Å². The number of carboxylic acid groups (broad SMARTS) is 1. The minimum atomic E-state index is -0.745. The Morgan fingerprint density at radius 1 is 1.19 bits per heavy atom. The van der Waals surface area contributed by atoms with E-state index in [2.05, 4.69) is 5.32 Å². The number of hydrogen-bond donors (Lipinski definition) is 2. The summed E-state index contributed by atoms with van der Waals surface area (Å²) in [6.45, 7) is 1.37. The van der Waals surface area contributed by atoms with E-state index >= 15 is 0 Å². The molecular weight excluding hydrogens is 351 g/mol. The molecule has 1 atom stereocenters. The lowest BCUT2D eigenvalue weighted by Crippen LogP contribution is -2.51. The van der Waals surface area contributed by atoms with Gasteiger partial charge in [0.25, 0.3) is 0 Å². The number of rotatable bonds is 5. The van der Waals surface area contributed by atoms with Crippen LogP contribution in [0, 0.1) is 11.7 Å². The third kappa shape index (κ3) is 5.42. The lowest BCUT2D eigenvalue weighted by molar-refractivity contribution is -0.142. The van der Waals surface area contributed by atoms with Crippen LogP contribution < -0.4 is 5.32 Å². The Labute approximate surface area is 158 Å². The normalized spacial score (nSPS) is 25.8. The molecule has 0 radical (unpaired) electrons. The molecule has 3 rings (SSSR count). The zero-order valence-electron chi connectivity index (χ0n) is 15.4. The fraction of sp³-hybridized carbons (Fsp3) is 0.600. The first kappa shape index (κ1) is 19.6. The molecular formula is C20H27FN2O4. The summed E-state index contributed by atoms with van der Waals surface area (Å²) in [5.41, 5.74) is 0.522. The highest BCUT2D eigenvalue weighted by molar-refractivity contribution is 5.75. The van der Waals surface area contributed by atoms with Crippen LogP contribution in [0.15, 0.2) is 24.3 Å². The van der Waals surface area contributed by atoms with E-state index in [1.54, 1.807) is 23.1 Å². The topological polar surface area (TPSA) is 78.9 Å². The van der Waals surface area contributed by atoms with Crippen LogP contribution in [0.5, 0.6) is 0 Å². The molecule has 1 aromatic rings. The van der Waals surface area contributed by atoms with E-state index in [4.69, 9.17) is 9.84 Å². The number of nitrogens with one attached hydrogen (secondary N) is 1. The van der Waals surface area contributed by atoms with Gasteiger partial charge in [0.2, 0.25) is 0 Å². The quantitative estimate of drug-likeness (QED) is 0.825. The molecule has 0 unspecified atom stereocenters. The van der Waals surface area contributed by atoms with E-state index in [0.29, 0.717) is 44.3 Å². The Balaban J connectivity index is 1.44. The molecule has 2 aliphatic rings. The van der Waals surface area contributed by atoms with Crippen molar-refractivity contribution in [1.29, 1.82) is 0 Å². The molecule has 1 aliphatic heterocycles. The summed E-state index contributed by atoms with van der Waals surface area (Å²) in [4.78, 5) is 25.3. The number of likely N-dealkylation sites (tertiary alicyclic amines) is 1. The van der Waals surface area contributed by atoms with Crippen LogP contribution >= 0.6 is 0 Å². The molecule has 0 aromatic heterocycles. The average molecular weight is 378 g/mol. The summed E-state index contributed by atoms with van der Waals surface area (Å²) in [5.74, 6) is -1.31. The molecule has 0 spiro atoms. The highest BCUT2D eigenvalue weighted by Crippen LogP contribution is 2.25. The number of carboxylic acids is 1. The third-order valence-electron chi connectivity index (χ3n) is 5.50. The van der Waals surface area contributed by atoms with Gasteiger partial charge in [-0.1, -0.05) is 18.2 Å². The average Bonchev–Trinajstić information content (AvgIpc) is 2.68. The van der Waals surface area contributed by atoms with Gasteiger partial charge in [0.1, 0.15) is 5.82 Å². The molecule has 2 fully saturated rings. The number of hydrogen-bond acceptors (Lipinski definition) is 3. The van der Waals surface area contributed by atoms with Crippen molar-refractivity contribution in [2.24, 2.45) is 5.92 Å². The number of piperidine rings is 1. The highest BCUT2D eigenvalue weighted by Gasteiger charge is 2.29. The van der Waals surface area contributed by atoms with E-state index in [1.807, 2.05) is 0 Å². The zero-order chi connectivity index (χ0) is 19.2. The summed E-state index contributed by atoms with van der Waals surface area (Å²) in [7, 11) is 0. The predicted octanol–water partition coefficient (Wildman–Crippen LogP) is 3.16. The molecule has 1 heterocycles. The third-order valence-corrected chi connectivity index (χ3v) is 5.50. The van der Waals surface area contributed by atoms with Gasteiger partial charge in [-0.2, -0.15) is 0 Å². The van der Waals surface area contributed by atoms with Crippen LogP contribution in [-0.4, -0.2) is 47.2 Å². The maximum atomic E-state index is 13.7. The van der Waals surface area contributed by atoms with E-state index in [-0.39, 0.29) is 36.5 Å². The Bertz CT molecular complexity index is 661. The standard InChI is InChI=1S/C20H27FN2O4/c21-18-6-2-1-4-15(18)13-27-17-5-3-11-23(12-17)20(26)22-16-9-7-14(8-10-16)19(24)25/h1-2,4,6,14,16-17H,3,5,7-13H2,(H,22,26)(H,24,25)/t14?,16?,17-/m0/s1. The van der Waals surface area contributed by atoms with Crippen molar-refractivity contribution >= 4 is 12.0 Å². The summed E-state index contributed by atoms with van der Waals surface area (Å²) < 4.78 is 19.5. The molecule has 27 heavy (non-hydrogen) atoms. The smallest absolute Gasteiger partial charge is 0.317 e. The molecule has 2 N–H and O–H groups in total. The summed E-state index contributed by atoms with van der Waals surface area (Å²) in [5, 5.41) is 12.1. The first-order valence-corrected chi connectivity index (χ1v) is 9.66. The van der Waals surface area contributed by atoms with Crippen molar-refractivity contribution < 1.29 is 23.8 Å². The van der Waals surface area contributed by atoms with Crippen LogP contribution in [0.25, 0.3) is 0 Å². The summed E-state index contributed by atoms with van der Waals surface area (Å²) in [6.07, 6.45) is 4.20. The molecule has 6 nitrogen and oxygen atoms in total. The molecule has 7 heteroatoms. The number of aliphatic carboxylic acids is 1. The Hall–Kier alpha value is -2.15. The van der Waals surface area contributed by atoms with Crippen molar-refractivity contribution in [2.45, 2.75) is 57.3 Å². The van der Waals surface area contributed by atoms with Gasteiger partial charge in [0.05, 0.1) is 18.6 Å². The van der Waals surface area contributed by atoms with Crippen molar-refractivity contribution in [3.05, 3.63) is 35.6 Å². The lowest BCUT2D eigenvalue weighted by Gasteiger charge is -2.35. The summed E-state index contributed by atoms with van der Waals surface area (Å²) in [6, 6.07) is 6.46. The van der Waals surface area contributed by atoms with Crippen molar-refractivity contribution in [2.75, 3.05) is 13.1 Å². The van der Waals surface area contributed by atoms with Crippen molar-refractivity contribution in [3.8, 4) is 0 Å². The first-order chi connectivity index (χ1) is 13.0. The minimum Gasteiger partial charge on any atom is -0.481 e. The fourth-order valence-electron chi connectivity index (χ4n) is 3.83. The maximum Gasteiger partial charge on any atom is 0.317 e. The second-order valence-electron chi connectivity index (χ2n) is 7.45. The number of urea groups is 1. The molecule has 1 aromatic carbocycles. The molecule has 1 saturated carbocycles. The van der Waals surface area contributed by atoms with Crippen LogP contribution in [0.2, 0.25) is 0 Å². The number of carbonyl (C=O) groups is 2. The highest BCUT2D eigenvalue weighted by atomic mass is 19.1. The molecule has 0 bridgehead atoms. The van der Waals surface area contributed by atoms with E-state index in [9.17, 15) is 14.0 Å². The van der Waals surface area contributed by atoms with Gasteiger partial charge >= 0.3 is 12.0 Å². The van der Waals surface area contributed by atoms with Gasteiger partial charge in [-0.05, 0) is 44.6 Å². The number of carbonyl (C=O) groups excluding carboxylic acids is 1. The monoisotopic (exact) mass is 378 g/mol. The molecule has 2 amide bonds. The van der Waals surface area contributed by atoms with Crippen LogP contribution in [0.3, 0.4) is 0 Å². The molecule has 148 valence electrons. The largest absolute Gasteiger partial charge is 0.481 e. The minimum absolute atomic E-state index is 0.0350. The van der Waals surface area contributed by atoms with Crippen LogP contribution in [0.4, 0.5) is 9.18 Å². The van der Waals surface area contributed by atoms with Gasteiger partial charge in [-0.3, -0.25) is 4.79 Å². The van der Waals surface area contributed by atoms with Gasteiger partial charge in [0, 0.05) is 24.7 Å². The SMILES string of the molecule is O=C(O)C1CCC(NC(=O)N2CCC[C@H](OCc3ccccc3F)C2)CC1. The van der Waals surface area contributed by atoms with E-state index in [0.717, 1.165) is 12.8 Å². The molecule has 1 saturated heterocycles. The second kappa shape index (κ2) is 9.17. The van der Waals surface area contributed by atoms with E-state index < -0.39 is 5.97 Å². The zero-order valence-corrected chi connectivity index (χ0v) is 15.4. The van der Waals surface area contributed by atoms with Crippen LogP contribution in [-0.2, 0) is 16.1 Å². The fourth-order valence-corrected chi connectivity index (χ4v) is 3.83. The Kier molecular flexibility index (Phi) is 6.66. The number of ether oxygens (including phenoxy) is 1. The first-order valence-electron chi connectivity index (χ1n) is 9.66.